The average Bonchev–Trinajstić information content (AvgIpc) is 2.93. The van der Waals surface area contributed by atoms with Gasteiger partial charge in [-0.05, 0) is 12.5 Å². The maximum absolute atomic E-state index is 12.0. The number of rotatable bonds is 5. The number of aromatic nitrogens is 3. The highest BCUT2D eigenvalue weighted by molar-refractivity contribution is 5.93. The smallest absolute Gasteiger partial charge is 0.328 e. The van der Waals surface area contributed by atoms with Crippen LogP contribution in [0.4, 0.5) is 0 Å². The van der Waals surface area contributed by atoms with Gasteiger partial charge in [0.15, 0.2) is 0 Å². The number of aromatic amines is 1. The second-order valence-electron chi connectivity index (χ2n) is 4.48. The highest BCUT2D eigenvalue weighted by Gasteiger charge is 2.24. The first kappa shape index (κ1) is 14.7. The number of carbonyl (C=O) groups is 2. The predicted octanol–water partition coefficient (Wildman–Crippen LogP) is 0.627. The molecule has 1 atom stereocenters. The Morgan fingerprint density at radius 1 is 1.33 bits per heavy atom. The van der Waals surface area contributed by atoms with Crippen molar-refractivity contribution < 1.29 is 14.3 Å². The molecule has 0 radical (unpaired) electrons. The molecule has 1 heterocycles. The summed E-state index contributed by atoms with van der Waals surface area (Å²) in [6, 6.07) is 8.57. The molecule has 1 aromatic heterocycles. The Balaban J connectivity index is 2.09. The van der Waals surface area contributed by atoms with E-state index in [9.17, 15) is 9.59 Å². The molecule has 2 aromatic rings. The zero-order valence-electron chi connectivity index (χ0n) is 11.8. The molecule has 7 nitrogen and oxygen atoms in total. The van der Waals surface area contributed by atoms with Gasteiger partial charge in [-0.3, -0.25) is 9.89 Å². The van der Waals surface area contributed by atoms with Crippen LogP contribution < -0.4 is 5.32 Å². The van der Waals surface area contributed by atoms with E-state index in [-0.39, 0.29) is 5.82 Å². The number of carbonyl (C=O) groups excluding carboxylic acids is 2. The molecule has 0 aliphatic heterocycles. The number of hydrogen-bond acceptors (Lipinski definition) is 5. The monoisotopic (exact) mass is 288 g/mol. The van der Waals surface area contributed by atoms with Crippen LogP contribution in [0.5, 0.6) is 0 Å². The standard InChI is InChI=1S/C14H16N4O3/c1-9-15-12(18-17-9)13(19)16-11(14(20)21-2)8-10-6-4-3-5-7-10/h3-7,11H,8H2,1-2H3,(H,16,19)(H,15,17,18). The van der Waals surface area contributed by atoms with Gasteiger partial charge < -0.3 is 10.1 Å². The van der Waals surface area contributed by atoms with E-state index in [4.69, 9.17) is 4.74 Å². The zero-order valence-corrected chi connectivity index (χ0v) is 11.8. The van der Waals surface area contributed by atoms with Crippen LogP contribution in [-0.4, -0.2) is 40.2 Å². The van der Waals surface area contributed by atoms with Crippen LogP contribution in [0.2, 0.25) is 0 Å². The number of benzene rings is 1. The number of ether oxygens (including phenoxy) is 1. The quantitative estimate of drug-likeness (QED) is 0.786. The van der Waals surface area contributed by atoms with Gasteiger partial charge in [0.25, 0.3) is 5.91 Å². The second kappa shape index (κ2) is 6.65. The third-order valence-electron chi connectivity index (χ3n) is 2.87. The summed E-state index contributed by atoms with van der Waals surface area (Å²) in [6.07, 6.45) is 0.336. The lowest BCUT2D eigenvalue weighted by Gasteiger charge is -2.15. The molecular weight excluding hydrogens is 272 g/mol. The molecule has 0 saturated heterocycles. The Hall–Kier alpha value is -2.70. The highest BCUT2D eigenvalue weighted by atomic mass is 16.5. The average molecular weight is 288 g/mol. The number of H-pyrrole nitrogens is 1. The minimum absolute atomic E-state index is 0.00513. The highest BCUT2D eigenvalue weighted by Crippen LogP contribution is 2.05. The lowest BCUT2D eigenvalue weighted by atomic mass is 10.1. The normalized spacial score (nSPS) is 11.7. The second-order valence-corrected chi connectivity index (χ2v) is 4.48. The molecule has 0 spiro atoms. The van der Waals surface area contributed by atoms with E-state index in [2.05, 4.69) is 20.5 Å². The maximum atomic E-state index is 12.0. The first-order valence-electron chi connectivity index (χ1n) is 6.41. The fourth-order valence-corrected chi connectivity index (χ4v) is 1.85. The zero-order chi connectivity index (χ0) is 15.2. The molecular formula is C14H16N4O3. The molecule has 1 aromatic carbocycles. The van der Waals surface area contributed by atoms with Gasteiger partial charge in [-0.15, -0.1) is 5.10 Å². The molecule has 21 heavy (non-hydrogen) atoms. The van der Waals surface area contributed by atoms with Gasteiger partial charge in [-0.2, -0.15) is 0 Å². The number of nitrogens with zero attached hydrogens (tertiary/aromatic N) is 2. The van der Waals surface area contributed by atoms with Gasteiger partial charge in [0.1, 0.15) is 11.9 Å². The summed E-state index contributed by atoms with van der Waals surface area (Å²) in [5.41, 5.74) is 0.916. The van der Waals surface area contributed by atoms with Gasteiger partial charge >= 0.3 is 5.97 Å². The van der Waals surface area contributed by atoms with Gasteiger partial charge in [-0.25, -0.2) is 9.78 Å². The molecule has 1 amide bonds. The van der Waals surface area contributed by atoms with Crippen LogP contribution >= 0.6 is 0 Å². The SMILES string of the molecule is COC(=O)C(Cc1ccccc1)NC(=O)c1n[nH]c(C)n1. The number of methoxy groups -OCH3 is 1. The van der Waals surface area contributed by atoms with E-state index in [1.165, 1.54) is 7.11 Å². The molecule has 110 valence electrons. The van der Waals surface area contributed by atoms with E-state index < -0.39 is 17.9 Å². The van der Waals surface area contributed by atoms with Crippen LogP contribution in [0.25, 0.3) is 0 Å². The van der Waals surface area contributed by atoms with Crippen LogP contribution in [0.3, 0.4) is 0 Å². The molecule has 2 N–H and O–H groups in total. The largest absolute Gasteiger partial charge is 0.467 e. The summed E-state index contributed by atoms with van der Waals surface area (Å²) in [5.74, 6) is -0.516. The van der Waals surface area contributed by atoms with Crippen LogP contribution in [-0.2, 0) is 16.0 Å². The lowest BCUT2D eigenvalue weighted by molar-refractivity contribution is -0.142. The van der Waals surface area contributed by atoms with Crippen LogP contribution in [0.15, 0.2) is 30.3 Å². The van der Waals surface area contributed by atoms with Crippen molar-refractivity contribution in [1.29, 1.82) is 0 Å². The topological polar surface area (TPSA) is 97.0 Å². The van der Waals surface area contributed by atoms with Crippen molar-refractivity contribution in [3.63, 3.8) is 0 Å². The minimum atomic E-state index is -0.788. The number of amides is 1. The Labute approximate surface area is 121 Å². The molecule has 2 rings (SSSR count). The first-order valence-corrected chi connectivity index (χ1v) is 6.41. The Kier molecular flexibility index (Phi) is 4.65. The Morgan fingerprint density at radius 2 is 2.05 bits per heavy atom. The fraction of sp³-hybridized carbons (Fsp3) is 0.286. The van der Waals surface area contributed by atoms with Gasteiger partial charge in [0, 0.05) is 6.42 Å². The molecule has 0 fully saturated rings. The third kappa shape index (κ3) is 3.88. The van der Waals surface area contributed by atoms with Crippen molar-refractivity contribution in [2.75, 3.05) is 7.11 Å². The minimum Gasteiger partial charge on any atom is -0.467 e. The Bertz CT molecular complexity index is 624. The molecule has 0 aliphatic rings. The molecule has 0 aliphatic carbocycles. The molecule has 7 heteroatoms. The summed E-state index contributed by atoms with van der Waals surface area (Å²) < 4.78 is 4.72. The number of nitrogens with one attached hydrogen (secondary N) is 2. The molecule has 1 unspecified atom stereocenters. The van der Waals surface area contributed by atoms with Crippen molar-refractivity contribution in [2.24, 2.45) is 0 Å². The van der Waals surface area contributed by atoms with E-state index in [0.29, 0.717) is 12.2 Å². The van der Waals surface area contributed by atoms with Gasteiger partial charge in [0.2, 0.25) is 5.82 Å². The van der Waals surface area contributed by atoms with E-state index in [0.717, 1.165) is 5.56 Å². The Morgan fingerprint density at radius 3 is 2.62 bits per heavy atom. The third-order valence-corrected chi connectivity index (χ3v) is 2.87. The summed E-state index contributed by atoms with van der Waals surface area (Å²) in [6.45, 7) is 1.69. The van der Waals surface area contributed by atoms with Crippen LogP contribution in [0.1, 0.15) is 22.0 Å². The summed E-state index contributed by atoms with van der Waals surface area (Å²) in [4.78, 5) is 27.7. The van der Waals surface area contributed by atoms with E-state index in [1.54, 1.807) is 6.92 Å². The van der Waals surface area contributed by atoms with E-state index in [1.807, 2.05) is 30.3 Å². The van der Waals surface area contributed by atoms with Crippen molar-refractivity contribution in [3.05, 3.63) is 47.5 Å². The summed E-state index contributed by atoms with van der Waals surface area (Å²) in [7, 11) is 1.28. The number of esters is 1. The predicted molar refractivity (Wildman–Crippen MR) is 74.5 cm³/mol. The van der Waals surface area contributed by atoms with E-state index >= 15 is 0 Å². The molecule has 0 saturated carbocycles. The summed E-state index contributed by atoms with van der Waals surface area (Å²) in [5, 5.41) is 8.93. The van der Waals surface area contributed by atoms with Crippen molar-refractivity contribution >= 4 is 11.9 Å². The van der Waals surface area contributed by atoms with Gasteiger partial charge in [0.05, 0.1) is 7.11 Å². The fourth-order valence-electron chi connectivity index (χ4n) is 1.85. The first-order chi connectivity index (χ1) is 10.1. The summed E-state index contributed by atoms with van der Waals surface area (Å²) >= 11 is 0. The number of aryl methyl sites for hydroxylation is 1. The van der Waals surface area contributed by atoms with Gasteiger partial charge in [-0.1, -0.05) is 30.3 Å². The van der Waals surface area contributed by atoms with Crippen molar-refractivity contribution in [3.8, 4) is 0 Å². The van der Waals surface area contributed by atoms with Crippen LogP contribution in [0, 0.1) is 6.92 Å². The lowest BCUT2D eigenvalue weighted by Crippen LogP contribution is -2.43. The molecule has 0 bridgehead atoms. The van der Waals surface area contributed by atoms with Crippen molar-refractivity contribution in [1.82, 2.24) is 20.5 Å². The van der Waals surface area contributed by atoms with Crippen molar-refractivity contribution in [2.45, 2.75) is 19.4 Å². The maximum Gasteiger partial charge on any atom is 0.328 e. The number of hydrogen-bond donors (Lipinski definition) is 2.